The Labute approximate surface area is 235 Å². The predicted octanol–water partition coefficient (Wildman–Crippen LogP) is 4.88. The first-order valence-corrected chi connectivity index (χ1v) is 13.5. The Kier molecular flexibility index (Phi) is 6.40. The molecule has 3 aromatic carbocycles. The molecule has 3 amide bonds. The van der Waals surface area contributed by atoms with Gasteiger partial charge >= 0.3 is 0 Å². The Morgan fingerprint density at radius 1 is 0.895 bits per heavy atom. The molecule has 9 nitrogen and oxygen atoms in total. The zero-order chi connectivity index (χ0) is 26.4. The molecule has 3 unspecified atom stereocenters. The van der Waals surface area contributed by atoms with Crippen LogP contribution in [0, 0.1) is 0 Å². The van der Waals surface area contributed by atoms with E-state index in [1.807, 2.05) is 60.7 Å². The second-order valence-corrected chi connectivity index (χ2v) is 10.9. The van der Waals surface area contributed by atoms with E-state index < -0.39 is 23.9 Å². The van der Waals surface area contributed by atoms with Gasteiger partial charge in [0.1, 0.15) is 6.54 Å². The van der Waals surface area contributed by atoms with Crippen molar-refractivity contribution in [3.05, 3.63) is 98.9 Å². The van der Waals surface area contributed by atoms with E-state index in [2.05, 4.69) is 42.2 Å². The van der Waals surface area contributed by atoms with Gasteiger partial charge in [-0.15, -0.1) is 0 Å². The topological polar surface area (TPSA) is 98.0 Å². The number of carbonyl (C=O) groups excluding carboxylic acids is 3. The lowest BCUT2D eigenvalue weighted by molar-refractivity contribution is -0.135. The van der Waals surface area contributed by atoms with Crippen LogP contribution in [-0.2, 0) is 14.4 Å². The molecule has 0 bridgehead atoms. The highest BCUT2D eigenvalue weighted by Crippen LogP contribution is 2.35. The second kappa shape index (κ2) is 9.88. The first kappa shape index (κ1) is 24.6. The fourth-order valence-electron chi connectivity index (χ4n) is 4.93. The smallest absolute Gasteiger partial charge is 0.264 e. The molecule has 3 aromatic rings. The van der Waals surface area contributed by atoms with E-state index in [-0.39, 0.29) is 18.5 Å². The minimum atomic E-state index is -0.986. The third-order valence-corrected chi connectivity index (χ3v) is 7.77. The van der Waals surface area contributed by atoms with Crippen LogP contribution in [-0.4, -0.2) is 52.1 Å². The van der Waals surface area contributed by atoms with Crippen molar-refractivity contribution in [2.45, 2.75) is 24.5 Å². The molecule has 38 heavy (non-hydrogen) atoms. The molecule has 6 rings (SSSR count). The lowest BCUT2D eigenvalue weighted by atomic mass is 9.98. The summed E-state index contributed by atoms with van der Waals surface area (Å²) in [5.41, 5.74) is 3.10. The first-order valence-electron chi connectivity index (χ1n) is 11.9. The zero-order valence-electron chi connectivity index (χ0n) is 19.8. The molecule has 190 valence electrons. The van der Waals surface area contributed by atoms with E-state index in [9.17, 15) is 14.4 Å². The van der Waals surface area contributed by atoms with Gasteiger partial charge in [0.25, 0.3) is 17.7 Å². The number of hydrogen-bond acceptors (Lipinski definition) is 7. The molecule has 0 spiro atoms. The molecular formula is C27H20Br2N6O3. The van der Waals surface area contributed by atoms with Gasteiger partial charge in [0.2, 0.25) is 0 Å². The maximum absolute atomic E-state index is 13.6. The fraction of sp³-hybridized carbons (Fsp3) is 0.185. The van der Waals surface area contributed by atoms with Gasteiger partial charge in [0.15, 0.2) is 12.1 Å². The quantitative estimate of drug-likeness (QED) is 0.373. The van der Waals surface area contributed by atoms with Crippen molar-refractivity contribution in [2.24, 2.45) is 15.4 Å². The fourth-order valence-corrected chi connectivity index (χ4v) is 5.58. The Hall–Kier alpha value is -3.70. The molecule has 11 heteroatoms. The number of nitrogens with zero attached hydrogens (tertiary/aromatic N) is 6. The van der Waals surface area contributed by atoms with Gasteiger partial charge < -0.3 is 0 Å². The van der Waals surface area contributed by atoms with Crippen LogP contribution < -0.4 is 4.90 Å². The number of carbonyl (C=O) groups is 3. The van der Waals surface area contributed by atoms with Crippen LogP contribution in [0.5, 0.6) is 0 Å². The van der Waals surface area contributed by atoms with Gasteiger partial charge in [0.05, 0.1) is 17.4 Å². The maximum atomic E-state index is 13.6. The average Bonchev–Trinajstić information content (AvgIpc) is 3.60. The molecule has 1 fully saturated rings. The van der Waals surface area contributed by atoms with Crippen molar-refractivity contribution in [1.29, 1.82) is 0 Å². The van der Waals surface area contributed by atoms with E-state index in [4.69, 9.17) is 5.10 Å². The summed E-state index contributed by atoms with van der Waals surface area (Å²) >= 11 is 6.83. The lowest BCUT2D eigenvalue weighted by Crippen LogP contribution is -2.44. The number of fused-ring (bicyclic) bond motifs is 1. The standard InChI is InChI=1S/C27H20Br2N6O3/c28-18-11-9-16(10-12-18)21-14-22(17-5-2-1-3-6-17)35(31-21)23(36)15-33-25-24(30-32-33)26(37)34(27(25)38)20-8-4-7-19(29)13-20/h1-13,22,24-25H,14-15H2. The van der Waals surface area contributed by atoms with Crippen molar-refractivity contribution in [3.8, 4) is 0 Å². The predicted molar refractivity (Wildman–Crippen MR) is 147 cm³/mol. The summed E-state index contributed by atoms with van der Waals surface area (Å²) in [6.07, 6.45) is 0.541. The minimum absolute atomic E-state index is 0.240. The molecule has 0 saturated carbocycles. The minimum Gasteiger partial charge on any atom is -0.271 e. The second-order valence-electron chi connectivity index (χ2n) is 9.11. The van der Waals surface area contributed by atoms with Gasteiger partial charge in [-0.05, 0) is 41.5 Å². The van der Waals surface area contributed by atoms with Gasteiger partial charge in [-0.3, -0.25) is 19.4 Å². The molecule has 1 saturated heterocycles. The summed E-state index contributed by atoms with van der Waals surface area (Å²) in [6, 6.07) is 22.1. The van der Waals surface area contributed by atoms with Crippen molar-refractivity contribution >= 4 is 61.0 Å². The number of benzene rings is 3. The summed E-state index contributed by atoms with van der Waals surface area (Å²) in [6.45, 7) is -0.240. The summed E-state index contributed by atoms with van der Waals surface area (Å²) in [5, 5.41) is 15.6. The number of amides is 3. The van der Waals surface area contributed by atoms with Crippen LogP contribution in [0.3, 0.4) is 0 Å². The van der Waals surface area contributed by atoms with Gasteiger partial charge in [0, 0.05) is 15.4 Å². The van der Waals surface area contributed by atoms with Crippen LogP contribution in [0.1, 0.15) is 23.6 Å². The summed E-state index contributed by atoms with van der Waals surface area (Å²) in [7, 11) is 0. The molecule has 3 aliphatic heterocycles. The summed E-state index contributed by atoms with van der Waals surface area (Å²) < 4.78 is 1.69. The zero-order valence-corrected chi connectivity index (χ0v) is 23.0. The van der Waals surface area contributed by atoms with Crippen molar-refractivity contribution in [3.63, 3.8) is 0 Å². The van der Waals surface area contributed by atoms with Crippen LogP contribution >= 0.6 is 31.9 Å². The van der Waals surface area contributed by atoms with Crippen LogP contribution in [0.2, 0.25) is 0 Å². The molecule has 3 heterocycles. The highest BCUT2D eigenvalue weighted by Gasteiger charge is 2.55. The Bertz CT molecular complexity index is 1490. The summed E-state index contributed by atoms with van der Waals surface area (Å²) in [5.74, 6) is -1.27. The molecule has 3 atom stereocenters. The number of anilines is 1. The Morgan fingerprint density at radius 2 is 1.66 bits per heavy atom. The highest BCUT2D eigenvalue weighted by atomic mass is 79.9. The van der Waals surface area contributed by atoms with Gasteiger partial charge in [-0.25, -0.2) is 9.91 Å². The third kappa shape index (κ3) is 4.35. The summed E-state index contributed by atoms with van der Waals surface area (Å²) in [4.78, 5) is 41.1. The first-order chi connectivity index (χ1) is 18.4. The van der Waals surface area contributed by atoms with Gasteiger partial charge in [-0.2, -0.15) is 10.2 Å². The number of imide groups is 1. The van der Waals surface area contributed by atoms with Crippen LogP contribution in [0.15, 0.2) is 103 Å². The molecule has 0 radical (unpaired) electrons. The molecular weight excluding hydrogens is 616 g/mol. The van der Waals surface area contributed by atoms with E-state index in [1.54, 1.807) is 18.2 Å². The van der Waals surface area contributed by atoms with Crippen molar-refractivity contribution in [1.82, 2.24) is 10.0 Å². The van der Waals surface area contributed by atoms with Crippen molar-refractivity contribution < 1.29 is 14.4 Å². The number of hydrazone groups is 1. The largest absolute Gasteiger partial charge is 0.271 e. The molecule has 0 aliphatic carbocycles. The molecule has 3 aliphatic rings. The Balaban J connectivity index is 1.26. The number of hydrogen-bond donors (Lipinski definition) is 0. The monoisotopic (exact) mass is 634 g/mol. The Morgan fingerprint density at radius 3 is 2.39 bits per heavy atom. The van der Waals surface area contributed by atoms with Gasteiger partial charge in [-0.1, -0.05) is 85.6 Å². The third-order valence-electron chi connectivity index (χ3n) is 6.75. The van der Waals surface area contributed by atoms with Crippen LogP contribution in [0.4, 0.5) is 5.69 Å². The van der Waals surface area contributed by atoms with Crippen LogP contribution in [0.25, 0.3) is 0 Å². The van der Waals surface area contributed by atoms with Crippen molar-refractivity contribution in [2.75, 3.05) is 11.4 Å². The maximum Gasteiger partial charge on any atom is 0.264 e. The molecule has 0 N–H and O–H groups in total. The number of rotatable bonds is 5. The van der Waals surface area contributed by atoms with E-state index >= 15 is 0 Å². The normalized spacial score (nSPS) is 22.3. The number of halogens is 2. The average molecular weight is 636 g/mol. The highest BCUT2D eigenvalue weighted by molar-refractivity contribution is 9.10. The van der Waals surface area contributed by atoms with E-state index in [0.717, 1.165) is 30.7 Å². The lowest BCUT2D eigenvalue weighted by Gasteiger charge is -2.25. The SMILES string of the molecule is O=C1C2N=NN(CC(=O)N3N=C(c4ccc(Br)cc4)CC3c3ccccc3)C2C(=O)N1c1cccc(Br)c1. The van der Waals surface area contributed by atoms with E-state index in [1.165, 1.54) is 10.0 Å². The van der Waals surface area contributed by atoms with E-state index in [0.29, 0.717) is 12.1 Å². The molecule has 0 aromatic heterocycles.